The maximum absolute atomic E-state index is 11.9. The summed E-state index contributed by atoms with van der Waals surface area (Å²) in [4.78, 5) is 9.76. The van der Waals surface area contributed by atoms with Crippen molar-refractivity contribution in [2.45, 2.75) is 24.4 Å². The summed E-state index contributed by atoms with van der Waals surface area (Å²) in [6.07, 6.45) is 4.21. The van der Waals surface area contributed by atoms with E-state index in [2.05, 4.69) is 25.1 Å². The van der Waals surface area contributed by atoms with Crippen molar-refractivity contribution in [3.05, 3.63) is 29.6 Å². The molecule has 3 rings (SSSR count). The van der Waals surface area contributed by atoms with E-state index in [1.807, 2.05) is 6.92 Å². The van der Waals surface area contributed by atoms with E-state index >= 15 is 0 Å². The number of nitrogens with zero attached hydrogens (tertiary/aromatic N) is 3. The molecule has 2 N–H and O–H groups in total. The van der Waals surface area contributed by atoms with Crippen LogP contribution in [0.4, 0.5) is 0 Å². The Labute approximate surface area is 128 Å². The number of aryl methyl sites for hydroxylation is 1. The van der Waals surface area contributed by atoms with E-state index in [4.69, 9.17) is 4.74 Å². The van der Waals surface area contributed by atoms with Gasteiger partial charge in [-0.3, -0.25) is 10.00 Å². The fraction of sp³-hybridized carbons (Fsp3) is 0.538. The number of hydrogen-bond donors (Lipinski definition) is 2. The second-order valence-electron chi connectivity index (χ2n) is 5.46. The zero-order chi connectivity index (χ0) is 15.7. The molecule has 120 valence electrons. The molecule has 0 amide bonds. The van der Waals surface area contributed by atoms with Gasteiger partial charge in [0.15, 0.2) is 9.84 Å². The first-order valence-electron chi connectivity index (χ1n) is 7.01. The Morgan fingerprint density at radius 2 is 2.32 bits per heavy atom. The van der Waals surface area contributed by atoms with Crippen LogP contribution in [0.2, 0.25) is 0 Å². The van der Waals surface area contributed by atoms with E-state index in [0.29, 0.717) is 32.0 Å². The molecule has 1 aliphatic heterocycles. The zero-order valence-corrected chi connectivity index (χ0v) is 13.4. The van der Waals surface area contributed by atoms with Crippen LogP contribution in [0.3, 0.4) is 0 Å². The highest BCUT2D eigenvalue weighted by Gasteiger charge is 2.31. The highest BCUT2D eigenvalue weighted by molar-refractivity contribution is 7.90. The lowest BCUT2D eigenvalue weighted by atomic mass is 10.1. The van der Waals surface area contributed by atoms with E-state index in [1.165, 1.54) is 12.5 Å². The molecular weight excluding hydrogens is 306 g/mol. The van der Waals surface area contributed by atoms with Crippen molar-refractivity contribution in [1.29, 1.82) is 0 Å². The van der Waals surface area contributed by atoms with Gasteiger partial charge < -0.3 is 9.72 Å². The van der Waals surface area contributed by atoms with Gasteiger partial charge in [-0.05, 0) is 6.92 Å². The Balaban J connectivity index is 1.90. The van der Waals surface area contributed by atoms with Gasteiger partial charge in [0.25, 0.3) is 0 Å². The Bertz CT molecular complexity index is 751. The average Bonchev–Trinajstić information content (AvgIpc) is 3.09. The molecule has 2 aromatic heterocycles. The van der Waals surface area contributed by atoms with Gasteiger partial charge in [0.1, 0.15) is 4.90 Å². The van der Waals surface area contributed by atoms with Crippen LogP contribution in [0.25, 0.3) is 0 Å². The lowest BCUT2D eigenvalue weighted by molar-refractivity contribution is -0.0158. The van der Waals surface area contributed by atoms with Crippen LogP contribution < -0.4 is 0 Å². The van der Waals surface area contributed by atoms with Gasteiger partial charge >= 0.3 is 0 Å². The molecule has 2 aromatic rings. The number of aromatic amines is 2. The van der Waals surface area contributed by atoms with E-state index in [1.54, 1.807) is 6.33 Å². The second-order valence-corrected chi connectivity index (χ2v) is 7.44. The number of nitrogens with one attached hydrogen (secondary N) is 2. The molecule has 0 radical (unpaired) electrons. The highest BCUT2D eigenvalue weighted by Crippen LogP contribution is 2.29. The number of rotatable bonds is 4. The Morgan fingerprint density at radius 3 is 3.00 bits per heavy atom. The molecule has 0 bridgehead atoms. The third-order valence-electron chi connectivity index (χ3n) is 3.89. The molecule has 22 heavy (non-hydrogen) atoms. The normalized spacial score (nSPS) is 20.4. The zero-order valence-electron chi connectivity index (χ0n) is 12.5. The van der Waals surface area contributed by atoms with Crippen LogP contribution in [0.15, 0.2) is 17.4 Å². The average molecular weight is 325 g/mol. The van der Waals surface area contributed by atoms with Gasteiger partial charge in [-0.2, -0.15) is 5.10 Å². The van der Waals surface area contributed by atoms with Crippen molar-refractivity contribution in [3.63, 3.8) is 0 Å². The third kappa shape index (κ3) is 2.92. The van der Waals surface area contributed by atoms with Crippen molar-refractivity contribution in [1.82, 2.24) is 25.1 Å². The van der Waals surface area contributed by atoms with Crippen molar-refractivity contribution in [2.24, 2.45) is 0 Å². The number of sulfone groups is 1. The first-order valence-corrected chi connectivity index (χ1v) is 8.90. The maximum atomic E-state index is 11.9. The minimum absolute atomic E-state index is 0.183. The largest absolute Gasteiger partial charge is 0.378 e. The number of imidazole rings is 1. The summed E-state index contributed by atoms with van der Waals surface area (Å²) in [7, 11) is -3.33. The summed E-state index contributed by atoms with van der Waals surface area (Å²) in [5.41, 5.74) is 2.54. The predicted molar refractivity (Wildman–Crippen MR) is 79.0 cm³/mol. The van der Waals surface area contributed by atoms with E-state index in [0.717, 1.165) is 11.4 Å². The molecule has 8 nitrogen and oxygen atoms in total. The summed E-state index contributed by atoms with van der Waals surface area (Å²) >= 11 is 0. The van der Waals surface area contributed by atoms with Gasteiger partial charge in [0.2, 0.25) is 0 Å². The molecule has 0 spiro atoms. The Kier molecular flexibility index (Phi) is 4.02. The van der Waals surface area contributed by atoms with Crippen LogP contribution in [-0.4, -0.2) is 59.5 Å². The van der Waals surface area contributed by atoms with Crippen LogP contribution in [0.1, 0.15) is 23.1 Å². The van der Waals surface area contributed by atoms with Crippen LogP contribution in [-0.2, 0) is 21.1 Å². The number of ether oxygens (including phenoxy) is 1. The molecule has 1 saturated heterocycles. The Hall–Kier alpha value is -1.71. The number of morpholine rings is 1. The molecule has 1 atom stereocenters. The fourth-order valence-electron chi connectivity index (χ4n) is 2.65. The lowest BCUT2D eigenvalue weighted by Crippen LogP contribution is -2.40. The minimum atomic E-state index is -3.33. The molecule has 0 saturated carbocycles. The summed E-state index contributed by atoms with van der Waals surface area (Å²) in [5.74, 6) is 0. The molecule has 0 aromatic carbocycles. The minimum Gasteiger partial charge on any atom is -0.378 e. The number of H-pyrrole nitrogens is 2. The summed E-state index contributed by atoms with van der Waals surface area (Å²) in [5, 5.41) is 6.73. The maximum Gasteiger partial charge on any atom is 0.178 e. The first kappa shape index (κ1) is 15.2. The van der Waals surface area contributed by atoms with Crippen molar-refractivity contribution < 1.29 is 13.2 Å². The van der Waals surface area contributed by atoms with E-state index in [-0.39, 0.29) is 10.9 Å². The van der Waals surface area contributed by atoms with Crippen molar-refractivity contribution in [3.8, 4) is 0 Å². The lowest BCUT2D eigenvalue weighted by Gasteiger charge is -2.34. The smallest absolute Gasteiger partial charge is 0.178 e. The number of aromatic nitrogens is 4. The summed E-state index contributed by atoms with van der Waals surface area (Å²) in [6.45, 7) is 4.34. The molecular formula is C13H19N5O3S. The summed E-state index contributed by atoms with van der Waals surface area (Å²) < 4.78 is 29.3. The molecule has 1 fully saturated rings. The molecule has 3 heterocycles. The van der Waals surface area contributed by atoms with Gasteiger partial charge in [0, 0.05) is 25.0 Å². The second kappa shape index (κ2) is 5.82. The van der Waals surface area contributed by atoms with Gasteiger partial charge in [-0.25, -0.2) is 13.4 Å². The standard InChI is InChI=1S/C13H19N5O3S/c1-9-10(15-8-14-9)6-18-3-4-21-7-11(18)13-12(5-16-17-13)22(2,19)20/h5,8,11H,3-4,6-7H2,1-2H3,(H,14,15)(H,16,17)/t11-/m0/s1. The fourth-order valence-corrected chi connectivity index (χ4v) is 3.48. The predicted octanol–water partition coefficient (Wildman–Crippen LogP) is 0.418. The van der Waals surface area contributed by atoms with Gasteiger partial charge in [0.05, 0.1) is 43.2 Å². The third-order valence-corrected chi connectivity index (χ3v) is 5.02. The Morgan fingerprint density at radius 1 is 1.50 bits per heavy atom. The van der Waals surface area contributed by atoms with E-state index in [9.17, 15) is 8.42 Å². The van der Waals surface area contributed by atoms with Crippen LogP contribution in [0.5, 0.6) is 0 Å². The van der Waals surface area contributed by atoms with Crippen LogP contribution >= 0.6 is 0 Å². The van der Waals surface area contributed by atoms with E-state index < -0.39 is 9.84 Å². The summed E-state index contributed by atoms with van der Waals surface area (Å²) in [6, 6.07) is -0.183. The molecule has 0 unspecified atom stereocenters. The van der Waals surface area contributed by atoms with Crippen LogP contribution in [0, 0.1) is 6.92 Å². The van der Waals surface area contributed by atoms with Crippen molar-refractivity contribution in [2.75, 3.05) is 26.0 Å². The molecule has 1 aliphatic rings. The SMILES string of the molecule is Cc1[nH]cnc1CN1CCOC[C@H]1c1[nH]ncc1S(C)(=O)=O. The highest BCUT2D eigenvalue weighted by atomic mass is 32.2. The van der Waals surface area contributed by atoms with Crippen molar-refractivity contribution >= 4 is 9.84 Å². The molecule has 9 heteroatoms. The van der Waals surface area contributed by atoms with Gasteiger partial charge in [-0.1, -0.05) is 0 Å². The molecule has 0 aliphatic carbocycles. The van der Waals surface area contributed by atoms with Gasteiger partial charge in [-0.15, -0.1) is 0 Å². The number of hydrogen-bond acceptors (Lipinski definition) is 6. The monoisotopic (exact) mass is 325 g/mol. The quantitative estimate of drug-likeness (QED) is 0.844. The first-order chi connectivity index (χ1) is 10.5. The topological polar surface area (TPSA) is 104 Å².